The van der Waals surface area contributed by atoms with Gasteiger partial charge in [0.05, 0.1) is 18.3 Å². The van der Waals surface area contributed by atoms with E-state index < -0.39 is 5.41 Å². The van der Waals surface area contributed by atoms with Crippen molar-refractivity contribution >= 4 is 5.97 Å². The second-order valence-electron chi connectivity index (χ2n) is 3.60. The van der Waals surface area contributed by atoms with Crippen LogP contribution in [0.1, 0.15) is 19.6 Å². The maximum absolute atomic E-state index is 11.7. The number of furan rings is 1. The molecule has 0 aliphatic carbocycles. The second kappa shape index (κ2) is 4.82. The molecule has 0 spiro atoms. The van der Waals surface area contributed by atoms with Gasteiger partial charge < -0.3 is 9.15 Å². The Morgan fingerprint density at radius 3 is 2.93 bits per heavy atom. The highest BCUT2D eigenvalue weighted by Crippen LogP contribution is 2.25. The zero-order valence-electron chi connectivity index (χ0n) is 9.16. The predicted molar refractivity (Wildman–Crippen MR) is 57.3 cm³/mol. The molecule has 1 atom stereocenters. The van der Waals surface area contributed by atoms with Crippen molar-refractivity contribution in [2.75, 3.05) is 6.61 Å². The second-order valence-corrected chi connectivity index (χ2v) is 3.60. The van der Waals surface area contributed by atoms with E-state index in [1.807, 2.05) is 6.07 Å². The third-order valence-corrected chi connectivity index (χ3v) is 2.31. The average molecular weight is 208 g/mol. The summed E-state index contributed by atoms with van der Waals surface area (Å²) < 4.78 is 10.2. The van der Waals surface area contributed by atoms with E-state index in [-0.39, 0.29) is 5.97 Å². The smallest absolute Gasteiger partial charge is 0.316 e. The van der Waals surface area contributed by atoms with Crippen molar-refractivity contribution in [3.8, 4) is 0 Å². The normalized spacial score (nSPS) is 14.3. The van der Waals surface area contributed by atoms with Crippen LogP contribution < -0.4 is 0 Å². The lowest BCUT2D eigenvalue weighted by Crippen LogP contribution is -2.29. The summed E-state index contributed by atoms with van der Waals surface area (Å²) in [6, 6.07) is 3.63. The molecule has 82 valence electrons. The van der Waals surface area contributed by atoms with Crippen LogP contribution >= 0.6 is 0 Å². The van der Waals surface area contributed by atoms with E-state index in [9.17, 15) is 4.79 Å². The summed E-state index contributed by atoms with van der Waals surface area (Å²) in [7, 11) is 0. The van der Waals surface area contributed by atoms with Gasteiger partial charge in [0.2, 0.25) is 0 Å². The van der Waals surface area contributed by atoms with Crippen LogP contribution in [-0.4, -0.2) is 12.6 Å². The van der Waals surface area contributed by atoms with Gasteiger partial charge in [0, 0.05) is 6.42 Å². The van der Waals surface area contributed by atoms with E-state index in [1.165, 1.54) is 0 Å². The summed E-state index contributed by atoms with van der Waals surface area (Å²) in [6.45, 7) is 7.63. The van der Waals surface area contributed by atoms with Gasteiger partial charge >= 0.3 is 5.97 Å². The van der Waals surface area contributed by atoms with Gasteiger partial charge in [0.1, 0.15) is 5.76 Å². The molecule has 0 aromatic carbocycles. The van der Waals surface area contributed by atoms with Crippen molar-refractivity contribution in [2.24, 2.45) is 5.41 Å². The van der Waals surface area contributed by atoms with Crippen molar-refractivity contribution in [2.45, 2.75) is 20.3 Å². The summed E-state index contributed by atoms with van der Waals surface area (Å²) in [5, 5.41) is 0. The minimum absolute atomic E-state index is 0.267. The fraction of sp³-hybridized carbons (Fsp3) is 0.417. The first-order chi connectivity index (χ1) is 7.12. The molecule has 0 aliphatic heterocycles. The maximum atomic E-state index is 11.7. The summed E-state index contributed by atoms with van der Waals surface area (Å²) in [4.78, 5) is 11.7. The Hall–Kier alpha value is -1.51. The molecule has 0 saturated carbocycles. The number of carbonyl (C=O) groups excluding carboxylic acids is 1. The molecule has 0 radical (unpaired) electrons. The van der Waals surface area contributed by atoms with Crippen LogP contribution in [0.4, 0.5) is 0 Å². The fourth-order valence-corrected chi connectivity index (χ4v) is 1.30. The molecule has 0 aliphatic rings. The zero-order valence-corrected chi connectivity index (χ0v) is 9.16. The first-order valence-electron chi connectivity index (χ1n) is 4.95. The number of ether oxygens (including phenoxy) is 1. The third kappa shape index (κ3) is 2.72. The minimum Gasteiger partial charge on any atom is -0.469 e. The van der Waals surface area contributed by atoms with Gasteiger partial charge in [-0.15, -0.1) is 6.58 Å². The molecule has 0 fully saturated rings. The van der Waals surface area contributed by atoms with Crippen molar-refractivity contribution in [3.63, 3.8) is 0 Å². The van der Waals surface area contributed by atoms with Crippen LogP contribution in [0.3, 0.4) is 0 Å². The molecule has 0 amide bonds. The summed E-state index contributed by atoms with van der Waals surface area (Å²) in [5.74, 6) is 0.488. The lowest BCUT2D eigenvalue weighted by Gasteiger charge is -2.21. The number of hydrogen-bond donors (Lipinski definition) is 0. The minimum atomic E-state index is -0.714. The van der Waals surface area contributed by atoms with Gasteiger partial charge in [0.15, 0.2) is 0 Å². The van der Waals surface area contributed by atoms with Crippen molar-refractivity contribution < 1.29 is 13.9 Å². The summed E-state index contributed by atoms with van der Waals surface area (Å²) >= 11 is 0. The Morgan fingerprint density at radius 2 is 2.47 bits per heavy atom. The highest BCUT2D eigenvalue weighted by Gasteiger charge is 2.32. The standard InChI is InChI=1S/C12H16O3/c1-4-12(3,11(13)14-5-2)9-10-7-6-8-15-10/h4,6-8H,1,5,9H2,2-3H3. The van der Waals surface area contributed by atoms with Crippen molar-refractivity contribution in [3.05, 3.63) is 36.8 Å². The van der Waals surface area contributed by atoms with Gasteiger partial charge in [-0.25, -0.2) is 0 Å². The number of carbonyl (C=O) groups is 1. The summed E-state index contributed by atoms with van der Waals surface area (Å²) in [5.41, 5.74) is -0.714. The Balaban J connectivity index is 2.76. The van der Waals surface area contributed by atoms with Crippen LogP contribution in [0, 0.1) is 5.41 Å². The Labute approximate surface area is 89.7 Å². The number of hydrogen-bond acceptors (Lipinski definition) is 3. The topological polar surface area (TPSA) is 39.4 Å². The monoisotopic (exact) mass is 208 g/mol. The molecule has 0 bridgehead atoms. The Bertz CT molecular complexity index is 327. The van der Waals surface area contributed by atoms with E-state index in [2.05, 4.69) is 6.58 Å². The summed E-state index contributed by atoms with van der Waals surface area (Å²) in [6.07, 6.45) is 3.67. The molecule has 1 heterocycles. The van der Waals surface area contributed by atoms with Gasteiger partial charge in [0.25, 0.3) is 0 Å². The molecule has 3 nitrogen and oxygen atoms in total. The SMILES string of the molecule is C=CC(C)(Cc1ccco1)C(=O)OCC. The number of esters is 1. The quantitative estimate of drug-likeness (QED) is 0.551. The van der Waals surface area contributed by atoms with E-state index in [1.54, 1.807) is 32.3 Å². The van der Waals surface area contributed by atoms with Crippen LogP contribution in [0.15, 0.2) is 35.5 Å². The first-order valence-corrected chi connectivity index (χ1v) is 4.95. The fourth-order valence-electron chi connectivity index (χ4n) is 1.30. The maximum Gasteiger partial charge on any atom is 0.316 e. The van der Waals surface area contributed by atoms with Gasteiger partial charge in [-0.2, -0.15) is 0 Å². The Morgan fingerprint density at radius 1 is 1.73 bits per heavy atom. The van der Waals surface area contributed by atoms with Crippen LogP contribution in [0.2, 0.25) is 0 Å². The molecule has 15 heavy (non-hydrogen) atoms. The lowest BCUT2D eigenvalue weighted by atomic mass is 9.86. The molecule has 0 saturated heterocycles. The number of rotatable bonds is 5. The van der Waals surface area contributed by atoms with E-state index >= 15 is 0 Å². The van der Waals surface area contributed by atoms with Gasteiger partial charge in [-0.1, -0.05) is 6.08 Å². The van der Waals surface area contributed by atoms with Crippen LogP contribution in [0.25, 0.3) is 0 Å². The molecular weight excluding hydrogens is 192 g/mol. The van der Waals surface area contributed by atoms with E-state index in [4.69, 9.17) is 9.15 Å². The highest BCUT2D eigenvalue weighted by atomic mass is 16.5. The van der Waals surface area contributed by atoms with E-state index in [0.717, 1.165) is 5.76 Å². The predicted octanol–water partition coefficient (Wildman–Crippen LogP) is 2.58. The van der Waals surface area contributed by atoms with Crippen molar-refractivity contribution in [1.82, 2.24) is 0 Å². The van der Waals surface area contributed by atoms with Crippen LogP contribution in [-0.2, 0) is 16.0 Å². The average Bonchev–Trinajstić information content (AvgIpc) is 2.70. The molecule has 3 heteroatoms. The van der Waals surface area contributed by atoms with Crippen LogP contribution in [0.5, 0.6) is 0 Å². The molecule has 1 aromatic heterocycles. The lowest BCUT2D eigenvalue weighted by molar-refractivity contribution is -0.151. The molecular formula is C12H16O3. The largest absolute Gasteiger partial charge is 0.469 e. The zero-order chi connectivity index (χ0) is 11.3. The van der Waals surface area contributed by atoms with E-state index in [0.29, 0.717) is 13.0 Å². The van der Waals surface area contributed by atoms with Gasteiger partial charge in [-0.3, -0.25) is 4.79 Å². The molecule has 1 rings (SSSR count). The third-order valence-electron chi connectivity index (χ3n) is 2.31. The molecule has 0 N–H and O–H groups in total. The molecule has 1 aromatic rings. The Kier molecular flexibility index (Phi) is 3.72. The highest BCUT2D eigenvalue weighted by molar-refractivity contribution is 5.78. The van der Waals surface area contributed by atoms with Gasteiger partial charge in [-0.05, 0) is 26.0 Å². The molecule has 1 unspecified atom stereocenters. The van der Waals surface area contributed by atoms with Crippen molar-refractivity contribution in [1.29, 1.82) is 0 Å². The first kappa shape index (κ1) is 11.6.